The van der Waals surface area contributed by atoms with Gasteiger partial charge in [0.2, 0.25) is 5.88 Å². The number of likely N-dealkylation sites (tertiary alicyclic amines) is 1. The highest BCUT2D eigenvalue weighted by Crippen LogP contribution is 2.22. The van der Waals surface area contributed by atoms with E-state index in [1.165, 1.54) is 0 Å². The van der Waals surface area contributed by atoms with E-state index in [1.807, 2.05) is 32.9 Å². The number of carbonyl (C=O) groups excluding carboxylic acids is 1. The van der Waals surface area contributed by atoms with E-state index >= 15 is 0 Å². The monoisotopic (exact) mass is 342 g/mol. The molecule has 5 nitrogen and oxygen atoms in total. The summed E-state index contributed by atoms with van der Waals surface area (Å²) in [5.41, 5.74) is -0.468. The molecule has 1 atom stereocenters. The highest BCUT2D eigenvalue weighted by atomic mass is 79.9. The minimum Gasteiger partial charge on any atom is -0.475 e. The predicted octanol–water partition coefficient (Wildman–Crippen LogP) is 3.23. The lowest BCUT2D eigenvalue weighted by Gasteiger charge is -2.40. The van der Waals surface area contributed by atoms with Gasteiger partial charge in [-0.1, -0.05) is 6.07 Å². The maximum Gasteiger partial charge on any atom is 0.410 e. The first-order valence-corrected chi connectivity index (χ1v) is 7.39. The summed E-state index contributed by atoms with van der Waals surface area (Å²) in [6.07, 6.45) is 0.646. The van der Waals surface area contributed by atoms with Gasteiger partial charge in [-0.15, -0.1) is 0 Å². The minimum absolute atomic E-state index is 0.0608. The Hall–Kier alpha value is -1.30. The van der Waals surface area contributed by atoms with Gasteiger partial charge in [0.1, 0.15) is 16.8 Å². The molecule has 6 heteroatoms. The molecule has 1 aromatic rings. The largest absolute Gasteiger partial charge is 0.475 e. The number of ether oxygens (including phenoxy) is 2. The van der Waals surface area contributed by atoms with Crippen LogP contribution in [0.3, 0.4) is 0 Å². The van der Waals surface area contributed by atoms with Crippen LogP contribution in [0.2, 0.25) is 0 Å². The molecule has 1 aliphatic rings. The maximum atomic E-state index is 11.9. The number of pyridine rings is 1. The number of amides is 1. The molecule has 1 aromatic heterocycles. The van der Waals surface area contributed by atoms with Crippen LogP contribution in [-0.2, 0) is 4.74 Å². The summed E-state index contributed by atoms with van der Waals surface area (Å²) in [5.74, 6) is 0.551. The van der Waals surface area contributed by atoms with Crippen molar-refractivity contribution in [1.82, 2.24) is 9.88 Å². The summed E-state index contributed by atoms with van der Waals surface area (Å²) in [7, 11) is 0. The van der Waals surface area contributed by atoms with Crippen LogP contribution < -0.4 is 4.74 Å². The standard InChI is InChI=1S/C14H19BrN2O3/c1-14(2,3)20-13(18)17-8-7-10(17)9-19-12-6-4-5-11(15)16-12/h4-6,10H,7-9H2,1-3H3/t10-/m0/s1. The third-order valence-electron chi connectivity index (χ3n) is 2.89. The maximum absolute atomic E-state index is 11.9. The summed E-state index contributed by atoms with van der Waals surface area (Å²) in [4.78, 5) is 17.8. The Morgan fingerprint density at radius 1 is 1.50 bits per heavy atom. The first-order valence-electron chi connectivity index (χ1n) is 6.60. The van der Waals surface area contributed by atoms with Crippen LogP contribution in [0.5, 0.6) is 5.88 Å². The molecule has 0 radical (unpaired) electrons. The van der Waals surface area contributed by atoms with Crippen molar-refractivity contribution in [3.8, 4) is 5.88 Å². The summed E-state index contributed by atoms with van der Waals surface area (Å²) in [6.45, 7) is 6.74. The molecule has 0 aromatic carbocycles. The quantitative estimate of drug-likeness (QED) is 0.791. The molecule has 20 heavy (non-hydrogen) atoms. The van der Waals surface area contributed by atoms with E-state index in [-0.39, 0.29) is 12.1 Å². The third kappa shape index (κ3) is 4.10. The van der Waals surface area contributed by atoms with Crippen molar-refractivity contribution in [1.29, 1.82) is 0 Å². The van der Waals surface area contributed by atoms with Gasteiger partial charge in [0.25, 0.3) is 0 Å². The molecule has 2 rings (SSSR count). The smallest absolute Gasteiger partial charge is 0.410 e. The van der Waals surface area contributed by atoms with Crippen LogP contribution >= 0.6 is 15.9 Å². The van der Waals surface area contributed by atoms with E-state index < -0.39 is 5.60 Å². The molecule has 110 valence electrons. The molecule has 1 amide bonds. The lowest BCUT2D eigenvalue weighted by Crippen LogP contribution is -2.55. The second-order valence-electron chi connectivity index (χ2n) is 5.73. The Kier molecular flexibility index (Phi) is 4.52. The Labute approximate surface area is 127 Å². The number of halogens is 1. The van der Waals surface area contributed by atoms with Crippen molar-refractivity contribution < 1.29 is 14.3 Å². The van der Waals surface area contributed by atoms with Crippen LogP contribution in [-0.4, -0.2) is 40.8 Å². The van der Waals surface area contributed by atoms with Gasteiger partial charge in [0, 0.05) is 12.6 Å². The summed E-state index contributed by atoms with van der Waals surface area (Å²) < 4.78 is 11.7. The zero-order valence-corrected chi connectivity index (χ0v) is 13.5. The molecule has 2 heterocycles. The molecule has 1 fully saturated rings. The van der Waals surface area contributed by atoms with Gasteiger partial charge < -0.3 is 14.4 Å². The molecule has 0 saturated carbocycles. The van der Waals surface area contributed by atoms with E-state index in [0.717, 1.165) is 17.6 Å². The normalized spacial score (nSPS) is 18.4. The van der Waals surface area contributed by atoms with Crippen molar-refractivity contribution >= 4 is 22.0 Å². The zero-order valence-electron chi connectivity index (χ0n) is 11.9. The van der Waals surface area contributed by atoms with E-state index in [1.54, 1.807) is 11.0 Å². The Bertz CT molecular complexity index is 488. The molecule has 1 aliphatic heterocycles. The van der Waals surface area contributed by atoms with Crippen LogP contribution in [0.4, 0.5) is 4.79 Å². The van der Waals surface area contributed by atoms with Gasteiger partial charge in [-0.2, -0.15) is 0 Å². The fraction of sp³-hybridized carbons (Fsp3) is 0.571. The number of carbonyl (C=O) groups is 1. The highest BCUT2D eigenvalue weighted by molar-refractivity contribution is 9.10. The van der Waals surface area contributed by atoms with Crippen molar-refractivity contribution in [2.24, 2.45) is 0 Å². The van der Waals surface area contributed by atoms with Crippen LogP contribution in [0.15, 0.2) is 22.8 Å². The molecule has 0 N–H and O–H groups in total. The number of rotatable bonds is 3. The first kappa shape index (κ1) is 15.1. The van der Waals surface area contributed by atoms with Crippen molar-refractivity contribution in [3.05, 3.63) is 22.8 Å². The van der Waals surface area contributed by atoms with Crippen LogP contribution in [0, 0.1) is 0 Å². The molecule has 0 unspecified atom stereocenters. The fourth-order valence-electron chi connectivity index (χ4n) is 1.83. The van der Waals surface area contributed by atoms with Crippen molar-refractivity contribution in [3.63, 3.8) is 0 Å². The second kappa shape index (κ2) is 5.99. The van der Waals surface area contributed by atoms with Gasteiger partial charge in [0.05, 0.1) is 6.04 Å². The van der Waals surface area contributed by atoms with Crippen molar-refractivity contribution in [2.75, 3.05) is 13.2 Å². The van der Waals surface area contributed by atoms with Gasteiger partial charge >= 0.3 is 6.09 Å². The highest BCUT2D eigenvalue weighted by Gasteiger charge is 2.35. The molecule has 0 bridgehead atoms. The lowest BCUT2D eigenvalue weighted by atomic mass is 10.1. The summed E-state index contributed by atoms with van der Waals surface area (Å²) in [6, 6.07) is 5.55. The molecular weight excluding hydrogens is 324 g/mol. The number of nitrogens with zero attached hydrogens (tertiary/aromatic N) is 2. The average Bonchev–Trinajstić information content (AvgIpc) is 2.24. The third-order valence-corrected chi connectivity index (χ3v) is 3.33. The Morgan fingerprint density at radius 3 is 2.80 bits per heavy atom. The van der Waals surface area contributed by atoms with Gasteiger partial charge in [-0.3, -0.25) is 0 Å². The number of hydrogen-bond donors (Lipinski definition) is 0. The van der Waals surface area contributed by atoms with Gasteiger partial charge in [0.15, 0.2) is 0 Å². The second-order valence-corrected chi connectivity index (χ2v) is 6.54. The Morgan fingerprint density at radius 2 is 2.25 bits per heavy atom. The summed E-state index contributed by atoms with van der Waals surface area (Å²) >= 11 is 3.29. The topological polar surface area (TPSA) is 51.7 Å². The predicted molar refractivity (Wildman–Crippen MR) is 78.8 cm³/mol. The lowest BCUT2D eigenvalue weighted by molar-refractivity contribution is -0.0145. The molecule has 0 spiro atoms. The van der Waals surface area contributed by atoms with Crippen molar-refractivity contribution in [2.45, 2.75) is 38.8 Å². The van der Waals surface area contributed by atoms with E-state index in [0.29, 0.717) is 12.5 Å². The number of aromatic nitrogens is 1. The summed E-state index contributed by atoms with van der Waals surface area (Å²) in [5, 5.41) is 0. The zero-order chi connectivity index (χ0) is 14.8. The van der Waals surface area contributed by atoms with E-state index in [2.05, 4.69) is 20.9 Å². The van der Waals surface area contributed by atoms with E-state index in [9.17, 15) is 4.79 Å². The first-order chi connectivity index (χ1) is 9.35. The van der Waals surface area contributed by atoms with E-state index in [4.69, 9.17) is 9.47 Å². The SMILES string of the molecule is CC(C)(C)OC(=O)N1CC[C@H]1COc1cccc(Br)n1. The minimum atomic E-state index is -0.468. The van der Waals surface area contributed by atoms with Crippen LogP contribution in [0.1, 0.15) is 27.2 Å². The fourth-order valence-corrected chi connectivity index (χ4v) is 2.15. The molecular formula is C14H19BrN2O3. The molecule has 0 aliphatic carbocycles. The Balaban J connectivity index is 1.84. The molecule has 1 saturated heterocycles. The van der Waals surface area contributed by atoms with Crippen LogP contribution in [0.25, 0.3) is 0 Å². The van der Waals surface area contributed by atoms with Gasteiger partial charge in [-0.05, 0) is 49.2 Å². The average molecular weight is 343 g/mol. The number of hydrogen-bond acceptors (Lipinski definition) is 4. The van der Waals surface area contributed by atoms with Gasteiger partial charge in [-0.25, -0.2) is 9.78 Å².